The van der Waals surface area contributed by atoms with Crippen LogP contribution in [0.15, 0.2) is 22.7 Å². The number of anilines is 1. The molecule has 3 heteroatoms. The highest BCUT2D eigenvalue weighted by Gasteiger charge is 2.24. The van der Waals surface area contributed by atoms with E-state index in [2.05, 4.69) is 46.1 Å². The van der Waals surface area contributed by atoms with Crippen molar-refractivity contribution in [1.82, 2.24) is 0 Å². The maximum absolute atomic E-state index is 6.01. The molecule has 1 aliphatic rings. The lowest BCUT2D eigenvalue weighted by Crippen LogP contribution is -2.23. The van der Waals surface area contributed by atoms with E-state index >= 15 is 0 Å². The third-order valence-electron chi connectivity index (χ3n) is 3.12. The summed E-state index contributed by atoms with van der Waals surface area (Å²) >= 11 is 3.53. The van der Waals surface area contributed by atoms with Crippen molar-refractivity contribution < 1.29 is 0 Å². The van der Waals surface area contributed by atoms with Crippen molar-refractivity contribution in [3.05, 3.63) is 28.2 Å². The van der Waals surface area contributed by atoms with Gasteiger partial charge in [-0.2, -0.15) is 0 Å². The second kappa shape index (κ2) is 4.76. The van der Waals surface area contributed by atoms with E-state index in [0.29, 0.717) is 0 Å². The largest absolute Gasteiger partial charge is 0.374 e. The summed E-state index contributed by atoms with van der Waals surface area (Å²) in [6.45, 7) is 3.19. The van der Waals surface area contributed by atoms with Crippen LogP contribution in [0.4, 0.5) is 5.69 Å². The Morgan fingerprint density at radius 1 is 1.50 bits per heavy atom. The maximum atomic E-state index is 6.01. The van der Waals surface area contributed by atoms with Crippen LogP contribution in [-0.4, -0.2) is 13.6 Å². The molecule has 0 bridgehead atoms. The van der Waals surface area contributed by atoms with Crippen LogP contribution in [0.3, 0.4) is 0 Å². The van der Waals surface area contributed by atoms with Gasteiger partial charge in [0.2, 0.25) is 0 Å². The van der Waals surface area contributed by atoms with Gasteiger partial charge in [0.15, 0.2) is 0 Å². The van der Waals surface area contributed by atoms with Gasteiger partial charge in [-0.15, -0.1) is 0 Å². The highest BCUT2D eigenvalue weighted by Crippen LogP contribution is 2.33. The summed E-state index contributed by atoms with van der Waals surface area (Å²) in [6.07, 6.45) is 2.76. The molecule has 1 fully saturated rings. The first kappa shape index (κ1) is 11.9. The van der Waals surface area contributed by atoms with Gasteiger partial charge < -0.3 is 10.6 Å². The van der Waals surface area contributed by atoms with Crippen LogP contribution in [0.1, 0.15) is 31.4 Å². The van der Waals surface area contributed by atoms with E-state index in [1.165, 1.54) is 24.1 Å². The molecular formula is C13H19BrN2. The summed E-state index contributed by atoms with van der Waals surface area (Å²) in [4.78, 5) is 2.33. The summed E-state index contributed by atoms with van der Waals surface area (Å²) < 4.78 is 1.12. The van der Waals surface area contributed by atoms with Crippen molar-refractivity contribution in [3.8, 4) is 0 Å². The molecule has 1 aliphatic carbocycles. The zero-order valence-electron chi connectivity index (χ0n) is 9.91. The fraction of sp³-hybridized carbons (Fsp3) is 0.538. The van der Waals surface area contributed by atoms with Crippen molar-refractivity contribution in [2.45, 2.75) is 25.8 Å². The second-order valence-corrected chi connectivity index (χ2v) is 5.73. The highest BCUT2D eigenvalue weighted by atomic mass is 79.9. The van der Waals surface area contributed by atoms with Gasteiger partial charge in [-0.3, -0.25) is 0 Å². The maximum Gasteiger partial charge on any atom is 0.0423 e. The molecule has 2 nitrogen and oxygen atoms in total. The van der Waals surface area contributed by atoms with Crippen LogP contribution in [0.25, 0.3) is 0 Å². The summed E-state index contributed by atoms with van der Waals surface area (Å²) in [5.41, 5.74) is 8.50. The van der Waals surface area contributed by atoms with E-state index in [-0.39, 0.29) is 6.04 Å². The molecule has 0 heterocycles. The summed E-state index contributed by atoms with van der Waals surface area (Å²) in [7, 11) is 2.16. The van der Waals surface area contributed by atoms with Crippen molar-refractivity contribution in [2.24, 2.45) is 11.7 Å². The first-order valence-corrected chi connectivity index (χ1v) is 6.63. The predicted octanol–water partition coefficient (Wildman–Crippen LogP) is 3.32. The Morgan fingerprint density at radius 3 is 2.75 bits per heavy atom. The van der Waals surface area contributed by atoms with Gasteiger partial charge in [-0.05, 0) is 43.4 Å². The number of hydrogen-bond acceptors (Lipinski definition) is 2. The molecule has 1 unspecified atom stereocenters. The molecule has 1 aromatic carbocycles. The molecule has 1 saturated carbocycles. The SMILES string of the molecule is CC(N)c1ccc(Br)cc1N(C)CC1CC1. The second-order valence-electron chi connectivity index (χ2n) is 4.82. The lowest BCUT2D eigenvalue weighted by Gasteiger charge is -2.24. The first-order chi connectivity index (χ1) is 7.58. The van der Waals surface area contributed by atoms with Gasteiger partial charge in [-0.1, -0.05) is 22.0 Å². The Bertz CT molecular complexity index is 372. The summed E-state index contributed by atoms with van der Waals surface area (Å²) in [5.74, 6) is 0.893. The van der Waals surface area contributed by atoms with Gasteiger partial charge in [0, 0.05) is 29.8 Å². The molecule has 0 aliphatic heterocycles. The standard InChI is InChI=1S/C13H19BrN2/c1-9(15)12-6-5-11(14)7-13(12)16(2)8-10-3-4-10/h5-7,9-10H,3-4,8,15H2,1-2H3. The van der Waals surface area contributed by atoms with Crippen molar-refractivity contribution >= 4 is 21.6 Å². The van der Waals surface area contributed by atoms with Crippen LogP contribution in [-0.2, 0) is 0 Å². The molecule has 16 heavy (non-hydrogen) atoms. The molecule has 0 amide bonds. The van der Waals surface area contributed by atoms with Crippen LogP contribution < -0.4 is 10.6 Å². The normalized spacial score (nSPS) is 17.2. The van der Waals surface area contributed by atoms with Crippen molar-refractivity contribution in [3.63, 3.8) is 0 Å². The van der Waals surface area contributed by atoms with E-state index in [0.717, 1.165) is 16.9 Å². The molecular weight excluding hydrogens is 264 g/mol. The molecule has 0 radical (unpaired) electrons. The Labute approximate surface area is 106 Å². The third kappa shape index (κ3) is 2.77. The molecule has 1 atom stereocenters. The van der Waals surface area contributed by atoms with E-state index in [9.17, 15) is 0 Å². The van der Waals surface area contributed by atoms with Gasteiger partial charge >= 0.3 is 0 Å². The van der Waals surface area contributed by atoms with Crippen LogP contribution >= 0.6 is 15.9 Å². The molecule has 0 saturated heterocycles. The van der Waals surface area contributed by atoms with Crippen LogP contribution in [0, 0.1) is 5.92 Å². The number of halogens is 1. The third-order valence-corrected chi connectivity index (χ3v) is 3.62. The molecule has 2 N–H and O–H groups in total. The number of rotatable bonds is 4. The van der Waals surface area contributed by atoms with Gasteiger partial charge in [0.1, 0.15) is 0 Å². The van der Waals surface area contributed by atoms with Gasteiger partial charge in [-0.25, -0.2) is 0 Å². The van der Waals surface area contributed by atoms with E-state index in [4.69, 9.17) is 5.73 Å². The average molecular weight is 283 g/mol. The monoisotopic (exact) mass is 282 g/mol. The lowest BCUT2D eigenvalue weighted by atomic mass is 10.1. The van der Waals surface area contributed by atoms with Crippen LogP contribution in [0.5, 0.6) is 0 Å². The Hall–Kier alpha value is -0.540. The number of benzene rings is 1. The minimum atomic E-state index is 0.0877. The highest BCUT2D eigenvalue weighted by molar-refractivity contribution is 9.10. The fourth-order valence-corrected chi connectivity index (χ4v) is 2.37. The average Bonchev–Trinajstić information content (AvgIpc) is 3.01. The lowest BCUT2D eigenvalue weighted by molar-refractivity contribution is 0.762. The van der Waals surface area contributed by atoms with Crippen LogP contribution in [0.2, 0.25) is 0 Å². The zero-order chi connectivity index (χ0) is 11.7. The molecule has 0 spiro atoms. The molecule has 2 rings (SSSR count). The number of nitrogens with two attached hydrogens (primary N) is 1. The Kier molecular flexibility index (Phi) is 3.55. The number of nitrogens with zero attached hydrogens (tertiary/aromatic N) is 1. The molecule has 0 aromatic heterocycles. The van der Waals surface area contributed by atoms with E-state index in [1.807, 2.05) is 6.92 Å². The summed E-state index contributed by atoms with van der Waals surface area (Å²) in [6, 6.07) is 6.44. The quantitative estimate of drug-likeness (QED) is 0.918. The minimum Gasteiger partial charge on any atom is -0.374 e. The Morgan fingerprint density at radius 2 is 2.19 bits per heavy atom. The zero-order valence-corrected chi connectivity index (χ0v) is 11.5. The molecule has 1 aromatic rings. The van der Waals surface area contributed by atoms with Gasteiger partial charge in [0.05, 0.1) is 0 Å². The smallest absolute Gasteiger partial charge is 0.0423 e. The fourth-order valence-electron chi connectivity index (χ4n) is 2.02. The minimum absolute atomic E-state index is 0.0877. The predicted molar refractivity (Wildman–Crippen MR) is 72.7 cm³/mol. The van der Waals surface area contributed by atoms with E-state index in [1.54, 1.807) is 0 Å². The Balaban J connectivity index is 2.24. The molecule has 88 valence electrons. The number of hydrogen-bond donors (Lipinski definition) is 1. The topological polar surface area (TPSA) is 29.3 Å². The van der Waals surface area contributed by atoms with Crippen molar-refractivity contribution in [2.75, 3.05) is 18.5 Å². The van der Waals surface area contributed by atoms with Crippen molar-refractivity contribution in [1.29, 1.82) is 0 Å². The van der Waals surface area contributed by atoms with Gasteiger partial charge in [0.25, 0.3) is 0 Å². The van der Waals surface area contributed by atoms with E-state index < -0.39 is 0 Å². The first-order valence-electron chi connectivity index (χ1n) is 5.84. The summed E-state index contributed by atoms with van der Waals surface area (Å²) in [5, 5.41) is 0.